The fourth-order valence-corrected chi connectivity index (χ4v) is 3.46. The van der Waals surface area contributed by atoms with Crippen molar-refractivity contribution in [3.05, 3.63) is 29.8 Å². The molecule has 1 saturated carbocycles. The Morgan fingerprint density at radius 2 is 1.84 bits per heavy atom. The normalized spacial score (nSPS) is 16.5. The maximum atomic E-state index is 13.0. The predicted octanol–water partition coefficient (Wildman–Crippen LogP) is -0.487. The summed E-state index contributed by atoms with van der Waals surface area (Å²) < 4.78 is 0. The zero-order chi connectivity index (χ0) is 22.9. The van der Waals surface area contributed by atoms with Crippen LogP contribution < -0.4 is 27.0 Å². The number of hydrogen-bond donors (Lipinski definition) is 7. The molecule has 1 unspecified atom stereocenters. The predicted molar refractivity (Wildman–Crippen MR) is 115 cm³/mol. The molecule has 0 aromatic heterocycles. The van der Waals surface area contributed by atoms with Crippen LogP contribution in [0.5, 0.6) is 0 Å². The highest BCUT2D eigenvalue weighted by Gasteiger charge is 2.51. The van der Waals surface area contributed by atoms with Crippen molar-refractivity contribution >= 4 is 23.4 Å². The van der Waals surface area contributed by atoms with Crippen LogP contribution in [0.4, 0.5) is 5.69 Å². The quantitative estimate of drug-likeness (QED) is 0.132. The number of nitrogens with two attached hydrogens (primary N) is 1. The molecule has 10 heteroatoms. The molecule has 1 aromatic rings. The highest BCUT2D eigenvalue weighted by atomic mass is 16.3. The molecule has 1 aliphatic rings. The van der Waals surface area contributed by atoms with E-state index in [-0.39, 0.29) is 18.9 Å². The molecule has 1 aromatic carbocycles. The van der Waals surface area contributed by atoms with E-state index in [9.17, 15) is 14.4 Å². The molecule has 172 valence electrons. The summed E-state index contributed by atoms with van der Waals surface area (Å²) in [5, 5.41) is 29.1. The largest absolute Gasteiger partial charge is 0.392 e. The SMILES string of the molecule is CCNC(=O)C1(C(=O)N[C@@H](CCCNC(N)O)C(=O)Nc2ccc(CO)cc2)CCC1. The van der Waals surface area contributed by atoms with Crippen molar-refractivity contribution in [1.29, 1.82) is 0 Å². The second kappa shape index (κ2) is 11.8. The lowest BCUT2D eigenvalue weighted by atomic mass is 9.67. The van der Waals surface area contributed by atoms with Crippen molar-refractivity contribution in [1.82, 2.24) is 16.0 Å². The highest BCUT2D eigenvalue weighted by molar-refractivity contribution is 6.07. The molecule has 3 amide bonds. The Hall–Kier alpha value is -2.53. The van der Waals surface area contributed by atoms with Gasteiger partial charge >= 0.3 is 0 Å². The van der Waals surface area contributed by atoms with Gasteiger partial charge in [0.05, 0.1) is 6.61 Å². The van der Waals surface area contributed by atoms with Gasteiger partial charge in [0.15, 0.2) is 6.35 Å². The topological polar surface area (TPSA) is 166 Å². The van der Waals surface area contributed by atoms with Crippen LogP contribution in [0.25, 0.3) is 0 Å². The molecular formula is C21H33N5O5. The monoisotopic (exact) mass is 435 g/mol. The van der Waals surface area contributed by atoms with E-state index in [0.29, 0.717) is 43.6 Å². The second-order valence-corrected chi connectivity index (χ2v) is 7.71. The number of aliphatic hydroxyl groups excluding tert-OH is 2. The summed E-state index contributed by atoms with van der Waals surface area (Å²) in [6.07, 6.45) is 1.26. The average molecular weight is 436 g/mol. The Morgan fingerprint density at radius 1 is 1.16 bits per heavy atom. The minimum atomic E-state index is -1.16. The van der Waals surface area contributed by atoms with E-state index >= 15 is 0 Å². The molecule has 2 atom stereocenters. The van der Waals surface area contributed by atoms with Crippen LogP contribution in [0.1, 0.15) is 44.6 Å². The van der Waals surface area contributed by atoms with Gasteiger partial charge in [-0.2, -0.15) is 0 Å². The molecule has 2 rings (SSSR count). The van der Waals surface area contributed by atoms with E-state index in [0.717, 1.165) is 6.42 Å². The van der Waals surface area contributed by atoms with Gasteiger partial charge in [-0.05, 0) is 56.8 Å². The lowest BCUT2D eigenvalue weighted by molar-refractivity contribution is -0.150. The molecule has 0 saturated heterocycles. The van der Waals surface area contributed by atoms with E-state index in [2.05, 4.69) is 21.3 Å². The van der Waals surface area contributed by atoms with Crippen molar-refractivity contribution in [2.24, 2.45) is 11.1 Å². The van der Waals surface area contributed by atoms with Gasteiger partial charge in [0.2, 0.25) is 17.7 Å². The molecule has 0 aliphatic heterocycles. The summed E-state index contributed by atoms with van der Waals surface area (Å²) in [6, 6.07) is 5.84. The Kier molecular flexibility index (Phi) is 9.38. The van der Waals surface area contributed by atoms with Gasteiger partial charge in [-0.3, -0.25) is 25.4 Å². The maximum Gasteiger partial charge on any atom is 0.246 e. The number of carbonyl (C=O) groups excluding carboxylic acids is 3. The molecule has 0 bridgehead atoms. The first-order chi connectivity index (χ1) is 14.8. The first kappa shape index (κ1) is 24.7. The Labute approximate surface area is 182 Å². The molecular weight excluding hydrogens is 402 g/mol. The van der Waals surface area contributed by atoms with Crippen LogP contribution in [-0.4, -0.2) is 53.4 Å². The lowest BCUT2D eigenvalue weighted by Crippen LogP contribution is -2.58. The Morgan fingerprint density at radius 3 is 2.35 bits per heavy atom. The molecule has 10 nitrogen and oxygen atoms in total. The van der Waals surface area contributed by atoms with Gasteiger partial charge in [-0.25, -0.2) is 0 Å². The van der Waals surface area contributed by atoms with Crippen LogP contribution in [-0.2, 0) is 21.0 Å². The number of aliphatic hydroxyl groups is 2. The van der Waals surface area contributed by atoms with Crippen LogP contribution in [0, 0.1) is 5.41 Å². The number of anilines is 1. The molecule has 0 heterocycles. The zero-order valence-electron chi connectivity index (χ0n) is 17.8. The van der Waals surface area contributed by atoms with E-state index in [1.165, 1.54) is 0 Å². The van der Waals surface area contributed by atoms with E-state index in [4.69, 9.17) is 15.9 Å². The minimum absolute atomic E-state index is 0.102. The number of benzene rings is 1. The first-order valence-corrected chi connectivity index (χ1v) is 10.6. The molecule has 31 heavy (non-hydrogen) atoms. The van der Waals surface area contributed by atoms with Gasteiger partial charge in [-0.1, -0.05) is 18.6 Å². The molecule has 1 fully saturated rings. The number of rotatable bonds is 12. The summed E-state index contributed by atoms with van der Waals surface area (Å²) in [4.78, 5) is 38.4. The van der Waals surface area contributed by atoms with E-state index in [1.54, 1.807) is 31.2 Å². The standard InChI is InChI=1S/C21H33N5O5/c1-2-23-18(29)21(10-4-11-21)19(30)26-16(5-3-12-24-20(22)31)17(28)25-15-8-6-14(13-27)7-9-15/h6-9,16,20,24,27,31H,2-5,10-13,22H2,1H3,(H,23,29)(H,25,28)(H,26,30)/t16-,20?/m0/s1. The molecule has 0 radical (unpaired) electrons. The van der Waals surface area contributed by atoms with Crippen LogP contribution in [0.3, 0.4) is 0 Å². The minimum Gasteiger partial charge on any atom is -0.392 e. The third kappa shape index (κ3) is 6.73. The molecule has 1 aliphatic carbocycles. The summed E-state index contributed by atoms with van der Waals surface area (Å²) in [5.74, 6) is -1.18. The zero-order valence-corrected chi connectivity index (χ0v) is 17.8. The maximum absolute atomic E-state index is 13.0. The third-order valence-corrected chi connectivity index (χ3v) is 5.46. The average Bonchev–Trinajstić information content (AvgIpc) is 2.70. The summed E-state index contributed by atoms with van der Waals surface area (Å²) in [6.45, 7) is 2.47. The smallest absolute Gasteiger partial charge is 0.246 e. The third-order valence-electron chi connectivity index (χ3n) is 5.46. The second-order valence-electron chi connectivity index (χ2n) is 7.71. The molecule has 8 N–H and O–H groups in total. The first-order valence-electron chi connectivity index (χ1n) is 10.6. The molecule has 0 spiro atoms. The van der Waals surface area contributed by atoms with Gasteiger partial charge in [-0.15, -0.1) is 0 Å². The van der Waals surface area contributed by atoms with Crippen molar-refractivity contribution in [2.45, 2.75) is 58.0 Å². The van der Waals surface area contributed by atoms with Crippen molar-refractivity contribution < 1.29 is 24.6 Å². The fraction of sp³-hybridized carbons (Fsp3) is 0.571. The lowest BCUT2D eigenvalue weighted by Gasteiger charge is -2.39. The van der Waals surface area contributed by atoms with Crippen LogP contribution in [0.15, 0.2) is 24.3 Å². The number of carbonyl (C=O) groups is 3. The number of hydrogen-bond acceptors (Lipinski definition) is 7. The van der Waals surface area contributed by atoms with Crippen molar-refractivity contribution in [3.8, 4) is 0 Å². The number of nitrogens with one attached hydrogen (secondary N) is 4. The van der Waals surface area contributed by atoms with E-state index < -0.39 is 29.6 Å². The Balaban J connectivity index is 2.08. The summed E-state index contributed by atoms with van der Waals surface area (Å²) in [7, 11) is 0. The number of amides is 3. The highest BCUT2D eigenvalue weighted by Crippen LogP contribution is 2.41. The van der Waals surface area contributed by atoms with Gasteiger partial charge in [0.1, 0.15) is 11.5 Å². The van der Waals surface area contributed by atoms with Gasteiger partial charge in [0.25, 0.3) is 0 Å². The van der Waals surface area contributed by atoms with Crippen LogP contribution >= 0.6 is 0 Å². The summed E-state index contributed by atoms with van der Waals surface area (Å²) >= 11 is 0. The van der Waals surface area contributed by atoms with E-state index in [1.807, 2.05) is 0 Å². The van der Waals surface area contributed by atoms with Crippen molar-refractivity contribution in [3.63, 3.8) is 0 Å². The van der Waals surface area contributed by atoms with Gasteiger partial charge < -0.3 is 26.2 Å². The van der Waals surface area contributed by atoms with Crippen LogP contribution in [0.2, 0.25) is 0 Å². The van der Waals surface area contributed by atoms with Gasteiger partial charge in [0, 0.05) is 12.2 Å². The summed E-state index contributed by atoms with van der Waals surface area (Å²) in [5.41, 5.74) is 5.36. The fourth-order valence-electron chi connectivity index (χ4n) is 3.46. The van der Waals surface area contributed by atoms with Crippen molar-refractivity contribution in [2.75, 3.05) is 18.4 Å². The Bertz CT molecular complexity index is 749.